The number of rotatable bonds is 52. The molecular weight excluding hydrogens is 829 g/mol. The maximum Gasteiger partial charge on any atom is 0.306 e. The molecule has 0 aromatic rings. The average Bonchev–Trinajstić information content (AvgIpc) is 3.33. The van der Waals surface area contributed by atoms with Gasteiger partial charge in [0.2, 0.25) is 0 Å². The van der Waals surface area contributed by atoms with Gasteiger partial charge in [0.05, 0.1) is 0 Å². The summed E-state index contributed by atoms with van der Waals surface area (Å²) in [5.74, 6) is -0.900. The third-order valence-electron chi connectivity index (χ3n) is 12.5. The third kappa shape index (κ3) is 53.9. The Bertz CT molecular complexity index is 1210. The van der Waals surface area contributed by atoms with Crippen molar-refractivity contribution >= 4 is 17.9 Å². The van der Waals surface area contributed by atoms with Crippen molar-refractivity contribution in [3.63, 3.8) is 0 Å². The van der Waals surface area contributed by atoms with E-state index in [9.17, 15) is 14.4 Å². The number of esters is 3. The first-order valence-electron chi connectivity index (χ1n) is 28.8. The predicted octanol–water partition coefficient (Wildman–Crippen LogP) is 19.2. The second-order valence-corrected chi connectivity index (χ2v) is 19.2. The molecule has 6 nitrogen and oxygen atoms in total. The van der Waals surface area contributed by atoms with E-state index in [0.717, 1.165) is 89.9 Å². The lowest BCUT2D eigenvalue weighted by Crippen LogP contribution is -2.30. The second-order valence-electron chi connectivity index (χ2n) is 19.2. The molecular formula is C61H108O6. The molecule has 0 aromatic carbocycles. The van der Waals surface area contributed by atoms with Gasteiger partial charge in [-0.3, -0.25) is 14.4 Å². The normalized spacial score (nSPS) is 12.5. The van der Waals surface area contributed by atoms with Gasteiger partial charge in [-0.05, 0) is 109 Å². The molecule has 0 fully saturated rings. The summed E-state index contributed by atoms with van der Waals surface area (Å²) < 4.78 is 16.9. The van der Waals surface area contributed by atoms with Gasteiger partial charge in [0.15, 0.2) is 6.10 Å². The zero-order valence-corrected chi connectivity index (χ0v) is 44.4. The second kappa shape index (κ2) is 55.7. The van der Waals surface area contributed by atoms with Crippen molar-refractivity contribution in [1.82, 2.24) is 0 Å². The molecule has 0 amide bonds. The molecule has 0 saturated carbocycles. The van der Waals surface area contributed by atoms with E-state index in [4.69, 9.17) is 14.2 Å². The number of carbonyl (C=O) groups is 3. The van der Waals surface area contributed by atoms with Crippen LogP contribution in [0.1, 0.15) is 290 Å². The van der Waals surface area contributed by atoms with Crippen LogP contribution < -0.4 is 0 Å². The molecule has 0 spiro atoms. The Kier molecular flexibility index (Phi) is 53.3. The molecule has 0 unspecified atom stereocenters. The number of unbranched alkanes of at least 4 members (excludes halogenated alkanes) is 31. The van der Waals surface area contributed by atoms with Crippen LogP contribution in [0, 0.1) is 0 Å². The van der Waals surface area contributed by atoms with Crippen LogP contribution in [-0.4, -0.2) is 37.2 Å². The van der Waals surface area contributed by atoms with Gasteiger partial charge < -0.3 is 14.2 Å². The van der Waals surface area contributed by atoms with Crippen molar-refractivity contribution in [3.8, 4) is 0 Å². The molecule has 0 aromatic heterocycles. The van der Waals surface area contributed by atoms with E-state index < -0.39 is 6.10 Å². The van der Waals surface area contributed by atoms with Crippen LogP contribution in [0.5, 0.6) is 0 Å². The molecule has 0 aliphatic rings. The molecule has 0 radical (unpaired) electrons. The van der Waals surface area contributed by atoms with Crippen molar-refractivity contribution < 1.29 is 28.6 Å². The van der Waals surface area contributed by atoms with Crippen molar-refractivity contribution in [2.45, 2.75) is 297 Å². The Labute approximate surface area is 415 Å². The van der Waals surface area contributed by atoms with Crippen LogP contribution in [0.4, 0.5) is 0 Å². The highest BCUT2D eigenvalue weighted by Gasteiger charge is 2.19. The summed E-state index contributed by atoms with van der Waals surface area (Å²) in [6.07, 6.45) is 69.2. The lowest BCUT2D eigenvalue weighted by Gasteiger charge is -2.18. The number of hydrogen-bond acceptors (Lipinski definition) is 6. The maximum absolute atomic E-state index is 12.9. The largest absolute Gasteiger partial charge is 0.462 e. The highest BCUT2D eigenvalue weighted by atomic mass is 16.6. The Hall–Kier alpha value is -2.89. The van der Waals surface area contributed by atoms with Gasteiger partial charge in [-0.25, -0.2) is 0 Å². The SMILES string of the molecule is CCCCC/C=C\C/C=C\CCCCCCCCCCCC(=O)O[C@H](COC(=O)CCCCCCC/C=C\C/C=C\CCCCC)COC(=O)CCCCCCC/C=C\CCCCCCCC. The monoisotopic (exact) mass is 937 g/mol. The molecule has 67 heavy (non-hydrogen) atoms. The summed E-state index contributed by atoms with van der Waals surface area (Å²) >= 11 is 0. The third-order valence-corrected chi connectivity index (χ3v) is 12.5. The number of allylic oxidation sites excluding steroid dienone is 10. The number of carbonyl (C=O) groups excluding carboxylic acids is 3. The van der Waals surface area contributed by atoms with Gasteiger partial charge >= 0.3 is 17.9 Å². The Morgan fingerprint density at radius 1 is 0.299 bits per heavy atom. The minimum Gasteiger partial charge on any atom is -0.462 e. The van der Waals surface area contributed by atoms with Crippen molar-refractivity contribution in [2.24, 2.45) is 0 Å². The van der Waals surface area contributed by atoms with E-state index in [1.165, 1.54) is 161 Å². The summed E-state index contributed by atoms with van der Waals surface area (Å²) in [4.78, 5) is 38.1. The highest BCUT2D eigenvalue weighted by molar-refractivity contribution is 5.71. The molecule has 0 bridgehead atoms. The molecule has 0 saturated heterocycles. The smallest absolute Gasteiger partial charge is 0.306 e. The van der Waals surface area contributed by atoms with E-state index in [2.05, 4.69) is 81.5 Å². The van der Waals surface area contributed by atoms with Crippen LogP contribution in [0.3, 0.4) is 0 Å². The number of ether oxygens (including phenoxy) is 3. The standard InChI is InChI=1S/C61H108O6/c1-4-7-10-13-16-19-22-25-28-29-30-31-34-37-40-43-46-49-52-55-61(64)67-58(56-65-59(62)53-50-47-44-41-38-35-32-26-23-20-17-14-11-8-5-2)57-66-60(63)54-51-48-45-42-39-36-33-27-24-21-18-15-12-9-6-3/h16-17,19-20,25-28,32-33,58H,4-15,18,21-24,29-31,34-57H2,1-3H3/b19-16-,20-17-,28-25-,32-26-,33-27-/t58-/m1/s1. The summed E-state index contributed by atoms with van der Waals surface area (Å²) in [5, 5.41) is 0. The Morgan fingerprint density at radius 2 is 0.537 bits per heavy atom. The van der Waals surface area contributed by atoms with Crippen LogP contribution in [-0.2, 0) is 28.6 Å². The molecule has 6 heteroatoms. The molecule has 0 heterocycles. The first-order chi connectivity index (χ1) is 33.0. The fourth-order valence-corrected chi connectivity index (χ4v) is 8.09. The zero-order valence-electron chi connectivity index (χ0n) is 44.4. The minimum absolute atomic E-state index is 0.0839. The average molecular weight is 938 g/mol. The van der Waals surface area contributed by atoms with E-state index in [0.29, 0.717) is 19.3 Å². The maximum atomic E-state index is 12.9. The zero-order chi connectivity index (χ0) is 48.6. The summed E-state index contributed by atoms with van der Waals surface area (Å²) in [7, 11) is 0. The van der Waals surface area contributed by atoms with Crippen molar-refractivity contribution in [2.75, 3.05) is 13.2 Å². The van der Waals surface area contributed by atoms with Gasteiger partial charge in [-0.1, -0.05) is 223 Å². The van der Waals surface area contributed by atoms with Crippen LogP contribution >= 0.6 is 0 Å². The highest BCUT2D eigenvalue weighted by Crippen LogP contribution is 2.15. The fraction of sp³-hybridized carbons (Fsp3) is 0.787. The van der Waals surface area contributed by atoms with Crippen molar-refractivity contribution in [1.29, 1.82) is 0 Å². The predicted molar refractivity (Wildman–Crippen MR) is 288 cm³/mol. The molecule has 0 N–H and O–H groups in total. The quantitative estimate of drug-likeness (QED) is 0.0262. The van der Waals surface area contributed by atoms with E-state index in [-0.39, 0.29) is 31.1 Å². The van der Waals surface area contributed by atoms with Gasteiger partial charge in [-0.15, -0.1) is 0 Å². The summed E-state index contributed by atoms with van der Waals surface area (Å²) in [6.45, 7) is 6.58. The first kappa shape index (κ1) is 64.1. The molecule has 1 atom stereocenters. The summed E-state index contributed by atoms with van der Waals surface area (Å²) in [6, 6.07) is 0. The van der Waals surface area contributed by atoms with Gasteiger partial charge in [-0.2, -0.15) is 0 Å². The topological polar surface area (TPSA) is 78.9 Å². The van der Waals surface area contributed by atoms with Gasteiger partial charge in [0.25, 0.3) is 0 Å². The van der Waals surface area contributed by atoms with E-state index in [1.807, 2.05) is 0 Å². The van der Waals surface area contributed by atoms with Crippen molar-refractivity contribution in [3.05, 3.63) is 60.8 Å². The van der Waals surface area contributed by atoms with Crippen LogP contribution in [0.15, 0.2) is 60.8 Å². The fourth-order valence-electron chi connectivity index (χ4n) is 8.09. The van der Waals surface area contributed by atoms with Crippen LogP contribution in [0.25, 0.3) is 0 Å². The van der Waals surface area contributed by atoms with E-state index in [1.54, 1.807) is 0 Å². The van der Waals surface area contributed by atoms with Gasteiger partial charge in [0.1, 0.15) is 13.2 Å². The molecule has 0 aliphatic heterocycles. The number of hydrogen-bond donors (Lipinski definition) is 0. The Balaban J connectivity index is 4.40. The summed E-state index contributed by atoms with van der Waals surface area (Å²) in [5.41, 5.74) is 0. The van der Waals surface area contributed by atoms with Gasteiger partial charge in [0, 0.05) is 19.3 Å². The molecule has 0 rings (SSSR count). The lowest BCUT2D eigenvalue weighted by molar-refractivity contribution is -0.167. The Morgan fingerprint density at radius 3 is 0.866 bits per heavy atom. The van der Waals surface area contributed by atoms with Crippen LogP contribution in [0.2, 0.25) is 0 Å². The lowest BCUT2D eigenvalue weighted by atomic mass is 10.1. The molecule has 0 aliphatic carbocycles. The minimum atomic E-state index is -0.785. The first-order valence-corrected chi connectivity index (χ1v) is 28.8. The molecule has 388 valence electrons. The van der Waals surface area contributed by atoms with E-state index >= 15 is 0 Å².